The van der Waals surface area contributed by atoms with Gasteiger partial charge in [0.05, 0.1) is 60.4 Å². The highest BCUT2D eigenvalue weighted by atomic mass is 32.2. The average Bonchev–Trinajstić information content (AvgIpc) is 3.58. The fourth-order valence-electron chi connectivity index (χ4n) is 7.28. The molecular weight excluding hydrogens is 662 g/mol. The molecule has 2 aromatic carbocycles. The van der Waals surface area contributed by atoms with Crippen LogP contribution < -0.4 is 10.1 Å². The Bertz CT molecular complexity index is 1760. The van der Waals surface area contributed by atoms with Gasteiger partial charge in [0.2, 0.25) is 5.91 Å². The lowest BCUT2D eigenvalue weighted by atomic mass is 9.96. The number of carbonyl (C=O) groups is 2. The topological polar surface area (TPSA) is 148 Å². The van der Waals surface area contributed by atoms with E-state index in [1.807, 2.05) is 16.9 Å². The molecule has 4 atom stereocenters. The van der Waals surface area contributed by atoms with E-state index in [1.165, 1.54) is 6.26 Å². The standard InChI is InChI=1S/C35H45N7O7S/c1-50(45,46)28-9-6-25(7-10-28)21-40-13-14-41-31(24-40)34(43)36-20-33-30(42-23-26(37-38-42)22-39-15-18-47-19-16-39)11-8-27(49-33)12-17-48-32-5-3-2-4-29(32)35(41)44/h2-7,9-10,23,27,30-31,33H,8,11-22,24H2,1H3,(H,36,43)/t27-,30+,31-,33+/m0/s1. The van der Waals surface area contributed by atoms with Crippen LogP contribution in [0.1, 0.15) is 46.9 Å². The zero-order valence-electron chi connectivity index (χ0n) is 28.4. The third-order valence-electron chi connectivity index (χ3n) is 10.0. The van der Waals surface area contributed by atoms with Crippen LogP contribution in [0.25, 0.3) is 0 Å². The van der Waals surface area contributed by atoms with Gasteiger partial charge in [0.25, 0.3) is 5.91 Å². The molecule has 4 aliphatic rings. The third kappa shape index (κ3) is 8.02. The lowest BCUT2D eigenvalue weighted by Crippen LogP contribution is -2.61. The number of rotatable bonds is 6. The second-order valence-corrected chi connectivity index (χ2v) is 15.6. The molecule has 1 aromatic heterocycles. The highest BCUT2D eigenvalue weighted by Crippen LogP contribution is 2.31. The summed E-state index contributed by atoms with van der Waals surface area (Å²) < 4.78 is 44.1. The van der Waals surface area contributed by atoms with Crippen molar-refractivity contribution in [1.82, 2.24) is 35.0 Å². The number of nitrogens with one attached hydrogen (secondary N) is 1. The van der Waals surface area contributed by atoms with Gasteiger partial charge in [-0.05, 0) is 42.7 Å². The Kier molecular flexibility index (Phi) is 10.5. The summed E-state index contributed by atoms with van der Waals surface area (Å²) in [5.41, 5.74) is 2.23. The maximum Gasteiger partial charge on any atom is 0.258 e. The van der Waals surface area contributed by atoms with E-state index in [2.05, 4.69) is 25.4 Å². The molecule has 0 aliphatic carbocycles. The normalized spacial score (nSPS) is 25.9. The molecule has 0 unspecified atom stereocenters. The molecule has 3 saturated heterocycles. The molecule has 14 nitrogen and oxygen atoms in total. The van der Waals surface area contributed by atoms with Gasteiger partial charge in [-0.3, -0.25) is 19.4 Å². The Balaban J connectivity index is 1.11. The van der Waals surface area contributed by atoms with E-state index in [0.29, 0.717) is 70.3 Å². The van der Waals surface area contributed by atoms with Crippen molar-refractivity contribution < 1.29 is 32.2 Å². The van der Waals surface area contributed by atoms with Crippen LogP contribution in [-0.2, 0) is 37.2 Å². The summed E-state index contributed by atoms with van der Waals surface area (Å²) in [5, 5.41) is 12.1. The Morgan fingerprint density at radius 1 is 0.900 bits per heavy atom. The minimum absolute atomic E-state index is 0.0777. The van der Waals surface area contributed by atoms with Gasteiger partial charge in [-0.2, -0.15) is 0 Å². The third-order valence-corrected chi connectivity index (χ3v) is 11.2. The number of amides is 2. The van der Waals surface area contributed by atoms with Crippen LogP contribution in [0.4, 0.5) is 0 Å². The van der Waals surface area contributed by atoms with E-state index in [9.17, 15) is 18.0 Å². The molecule has 3 fully saturated rings. The van der Waals surface area contributed by atoms with Crippen molar-refractivity contribution in [2.75, 3.05) is 65.3 Å². The second-order valence-electron chi connectivity index (χ2n) is 13.6. The molecule has 1 N–H and O–H groups in total. The minimum atomic E-state index is -3.31. The fourth-order valence-corrected chi connectivity index (χ4v) is 7.91. The quantitative estimate of drug-likeness (QED) is 0.398. The van der Waals surface area contributed by atoms with Crippen LogP contribution in [0.2, 0.25) is 0 Å². The van der Waals surface area contributed by atoms with E-state index < -0.39 is 15.9 Å². The van der Waals surface area contributed by atoms with Crippen LogP contribution in [0.3, 0.4) is 0 Å². The number of fused-ring (bicyclic) bond motifs is 4. The molecule has 4 aliphatic heterocycles. The zero-order valence-corrected chi connectivity index (χ0v) is 29.2. The summed E-state index contributed by atoms with van der Waals surface area (Å²) in [6, 6.07) is 13.1. The van der Waals surface area contributed by atoms with E-state index in [0.717, 1.165) is 37.2 Å². The average molecular weight is 708 g/mol. The number of sulfone groups is 1. The molecule has 0 saturated carbocycles. The Morgan fingerprint density at radius 2 is 1.70 bits per heavy atom. The van der Waals surface area contributed by atoms with E-state index >= 15 is 0 Å². The molecule has 268 valence electrons. The monoisotopic (exact) mass is 707 g/mol. The van der Waals surface area contributed by atoms with Crippen molar-refractivity contribution in [3.05, 3.63) is 71.5 Å². The predicted octanol–water partition coefficient (Wildman–Crippen LogP) is 1.53. The SMILES string of the molecule is CS(=O)(=O)c1ccc(CN2CCN3C(=O)c4ccccc4OCC[C@@H]4CC[C@@H](n5cc(CN6CCOCC6)nn5)[C@@H](CNC(=O)[C@@H]3C2)O4)cc1. The van der Waals surface area contributed by atoms with Gasteiger partial charge in [-0.25, -0.2) is 13.1 Å². The van der Waals surface area contributed by atoms with Gasteiger partial charge in [-0.1, -0.05) is 29.5 Å². The predicted molar refractivity (Wildman–Crippen MR) is 182 cm³/mol. The van der Waals surface area contributed by atoms with Gasteiger partial charge < -0.3 is 24.4 Å². The summed E-state index contributed by atoms with van der Waals surface area (Å²) in [6.45, 7) is 6.16. The number of nitrogens with zero attached hydrogens (tertiary/aromatic N) is 6. The fraction of sp³-hybridized carbons (Fsp3) is 0.543. The summed E-state index contributed by atoms with van der Waals surface area (Å²) in [7, 11) is -3.31. The van der Waals surface area contributed by atoms with Crippen molar-refractivity contribution in [2.24, 2.45) is 0 Å². The first-order valence-electron chi connectivity index (χ1n) is 17.4. The first-order chi connectivity index (χ1) is 24.2. The Morgan fingerprint density at radius 3 is 2.50 bits per heavy atom. The van der Waals surface area contributed by atoms with Crippen LogP contribution in [0.15, 0.2) is 59.6 Å². The highest BCUT2D eigenvalue weighted by Gasteiger charge is 2.39. The lowest BCUT2D eigenvalue weighted by molar-refractivity contribution is -0.130. The number of piperazine rings is 1. The number of benzene rings is 2. The first kappa shape index (κ1) is 34.6. The van der Waals surface area contributed by atoms with Crippen LogP contribution >= 0.6 is 0 Å². The second kappa shape index (κ2) is 15.2. The Labute approximate surface area is 292 Å². The number of hydrogen-bond donors (Lipinski definition) is 1. The van der Waals surface area contributed by atoms with E-state index in [4.69, 9.17) is 14.2 Å². The summed E-state index contributed by atoms with van der Waals surface area (Å²) in [6.07, 6.45) is 4.99. The van der Waals surface area contributed by atoms with Gasteiger partial charge >= 0.3 is 0 Å². The molecule has 50 heavy (non-hydrogen) atoms. The highest BCUT2D eigenvalue weighted by molar-refractivity contribution is 7.90. The molecule has 5 heterocycles. The number of para-hydroxylation sites is 1. The van der Waals surface area contributed by atoms with Gasteiger partial charge in [0.1, 0.15) is 11.8 Å². The van der Waals surface area contributed by atoms with E-state index in [1.54, 1.807) is 47.4 Å². The zero-order chi connectivity index (χ0) is 34.7. The maximum atomic E-state index is 14.1. The number of aromatic nitrogens is 3. The summed E-state index contributed by atoms with van der Waals surface area (Å²) in [4.78, 5) is 34.5. The summed E-state index contributed by atoms with van der Waals surface area (Å²) in [5.74, 6) is -0.0236. The van der Waals surface area contributed by atoms with Gasteiger partial charge in [0.15, 0.2) is 9.84 Å². The van der Waals surface area contributed by atoms with Crippen molar-refractivity contribution in [3.8, 4) is 5.75 Å². The molecular formula is C35H45N7O7S. The molecule has 0 radical (unpaired) electrons. The largest absolute Gasteiger partial charge is 0.493 e. The summed E-state index contributed by atoms with van der Waals surface area (Å²) >= 11 is 0. The van der Waals surface area contributed by atoms with Crippen LogP contribution in [0.5, 0.6) is 5.75 Å². The molecule has 2 bridgehead atoms. The van der Waals surface area contributed by atoms with Crippen molar-refractivity contribution in [3.63, 3.8) is 0 Å². The van der Waals surface area contributed by atoms with Gasteiger partial charge in [0, 0.05) is 65.0 Å². The minimum Gasteiger partial charge on any atom is -0.493 e. The molecule has 15 heteroatoms. The van der Waals surface area contributed by atoms with Crippen LogP contribution in [-0.4, -0.2) is 134 Å². The van der Waals surface area contributed by atoms with Crippen molar-refractivity contribution in [2.45, 2.75) is 61.5 Å². The number of carbonyl (C=O) groups excluding carboxylic acids is 2. The molecule has 7 rings (SSSR count). The Hall–Kier alpha value is -3.89. The number of ether oxygens (including phenoxy) is 3. The van der Waals surface area contributed by atoms with Gasteiger partial charge in [-0.15, -0.1) is 5.10 Å². The van der Waals surface area contributed by atoms with Crippen molar-refractivity contribution in [1.29, 1.82) is 0 Å². The molecule has 3 aromatic rings. The number of morpholine rings is 1. The van der Waals surface area contributed by atoms with E-state index in [-0.39, 0.29) is 41.5 Å². The van der Waals surface area contributed by atoms with Crippen LogP contribution in [0, 0.1) is 0 Å². The smallest absolute Gasteiger partial charge is 0.258 e. The number of hydrogen-bond acceptors (Lipinski definition) is 11. The molecule has 2 amide bonds. The lowest BCUT2D eigenvalue weighted by Gasteiger charge is -2.41. The van der Waals surface area contributed by atoms with Crippen molar-refractivity contribution >= 4 is 21.7 Å². The maximum absolute atomic E-state index is 14.1. The molecule has 0 spiro atoms. The first-order valence-corrected chi connectivity index (χ1v) is 19.3.